The van der Waals surface area contributed by atoms with Crippen LogP contribution in [-0.2, 0) is 16.0 Å². The van der Waals surface area contributed by atoms with Gasteiger partial charge in [-0.3, -0.25) is 9.59 Å². The Kier molecular flexibility index (Phi) is 11.9. The Morgan fingerprint density at radius 1 is 1.04 bits per heavy atom. The third-order valence-electron chi connectivity index (χ3n) is 3.50. The van der Waals surface area contributed by atoms with Gasteiger partial charge in [-0.25, -0.2) is 0 Å². The highest BCUT2D eigenvalue weighted by Gasteiger charge is 2.23. The average molecular weight is 356 g/mol. The molecule has 3 N–H and O–H groups in total. The SMILES string of the molecule is CCCNCCNC(=O)C(NC(=O)Cc1ccccc1)C(C)C.Cl. The molecule has 24 heavy (non-hydrogen) atoms. The molecule has 0 heterocycles. The van der Waals surface area contributed by atoms with Crippen LogP contribution in [0.3, 0.4) is 0 Å². The summed E-state index contributed by atoms with van der Waals surface area (Å²) in [6.45, 7) is 8.21. The standard InChI is InChI=1S/C18H29N3O2.ClH/c1-4-10-19-11-12-20-18(23)17(14(2)3)21-16(22)13-15-8-6-5-7-9-15;/h5-9,14,17,19H,4,10-13H2,1-3H3,(H,20,23)(H,21,22);1H. The molecule has 1 aromatic carbocycles. The third kappa shape index (κ3) is 8.89. The van der Waals surface area contributed by atoms with Crippen LogP contribution in [0.25, 0.3) is 0 Å². The van der Waals surface area contributed by atoms with Crippen LogP contribution in [-0.4, -0.2) is 37.5 Å². The van der Waals surface area contributed by atoms with Crippen molar-refractivity contribution in [2.75, 3.05) is 19.6 Å². The van der Waals surface area contributed by atoms with Crippen molar-refractivity contribution in [1.29, 1.82) is 0 Å². The van der Waals surface area contributed by atoms with Crippen molar-refractivity contribution in [3.63, 3.8) is 0 Å². The zero-order valence-electron chi connectivity index (χ0n) is 14.8. The summed E-state index contributed by atoms with van der Waals surface area (Å²) in [7, 11) is 0. The van der Waals surface area contributed by atoms with Gasteiger partial charge in [-0.15, -0.1) is 12.4 Å². The maximum atomic E-state index is 12.3. The molecular formula is C18H30ClN3O2. The highest BCUT2D eigenvalue weighted by atomic mass is 35.5. The minimum Gasteiger partial charge on any atom is -0.353 e. The van der Waals surface area contributed by atoms with Crippen LogP contribution >= 0.6 is 12.4 Å². The first-order valence-electron chi connectivity index (χ1n) is 8.36. The number of hydrogen-bond acceptors (Lipinski definition) is 3. The second kappa shape index (κ2) is 12.8. The molecule has 0 bridgehead atoms. The average Bonchev–Trinajstić information content (AvgIpc) is 2.53. The van der Waals surface area contributed by atoms with Crippen molar-refractivity contribution in [1.82, 2.24) is 16.0 Å². The van der Waals surface area contributed by atoms with Crippen LogP contribution in [0.15, 0.2) is 30.3 Å². The molecule has 0 spiro atoms. The highest BCUT2D eigenvalue weighted by molar-refractivity contribution is 5.88. The summed E-state index contributed by atoms with van der Waals surface area (Å²) in [6, 6.07) is 9.03. The molecule has 0 aliphatic carbocycles. The van der Waals surface area contributed by atoms with Gasteiger partial charge in [-0.1, -0.05) is 51.1 Å². The number of halogens is 1. The molecule has 0 aliphatic heterocycles. The normalized spacial score (nSPS) is 11.5. The molecule has 1 aromatic rings. The first-order valence-corrected chi connectivity index (χ1v) is 8.36. The Hall–Kier alpha value is -1.59. The number of nitrogens with one attached hydrogen (secondary N) is 3. The lowest BCUT2D eigenvalue weighted by atomic mass is 10.0. The Morgan fingerprint density at radius 3 is 2.29 bits per heavy atom. The molecule has 1 rings (SSSR count). The number of hydrogen-bond donors (Lipinski definition) is 3. The molecule has 1 unspecified atom stereocenters. The van der Waals surface area contributed by atoms with E-state index in [1.165, 1.54) is 0 Å². The lowest BCUT2D eigenvalue weighted by Gasteiger charge is -2.22. The van der Waals surface area contributed by atoms with Gasteiger partial charge in [0.15, 0.2) is 0 Å². The fourth-order valence-corrected chi connectivity index (χ4v) is 2.23. The number of benzene rings is 1. The predicted octanol–water partition coefficient (Wildman–Crippen LogP) is 1.91. The predicted molar refractivity (Wildman–Crippen MR) is 100 cm³/mol. The molecule has 5 nitrogen and oxygen atoms in total. The molecule has 2 amide bonds. The van der Waals surface area contributed by atoms with Gasteiger partial charge in [-0.2, -0.15) is 0 Å². The van der Waals surface area contributed by atoms with Gasteiger partial charge in [0, 0.05) is 13.1 Å². The number of carbonyl (C=O) groups is 2. The largest absolute Gasteiger partial charge is 0.353 e. The molecule has 6 heteroatoms. The first-order chi connectivity index (χ1) is 11.0. The van der Waals surface area contributed by atoms with E-state index in [1.807, 2.05) is 44.2 Å². The van der Waals surface area contributed by atoms with E-state index in [0.29, 0.717) is 6.54 Å². The summed E-state index contributed by atoms with van der Waals surface area (Å²) in [6.07, 6.45) is 1.35. The second-order valence-corrected chi connectivity index (χ2v) is 5.99. The smallest absolute Gasteiger partial charge is 0.242 e. The number of carbonyl (C=O) groups excluding carboxylic acids is 2. The van der Waals surface area contributed by atoms with Gasteiger partial charge in [0.1, 0.15) is 6.04 Å². The summed E-state index contributed by atoms with van der Waals surface area (Å²) in [5, 5.41) is 8.95. The van der Waals surface area contributed by atoms with E-state index < -0.39 is 6.04 Å². The molecular weight excluding hydrogens is 326 g/mol. The molecule has 0 aliphatic rings. The fourth-order valence-electron chi connectivity index (χ4n) is 2.23. The monoisotopic (exact) mass is 355 g/mol. The summed E-state index contributed by atoms with van der Waals surface area (Å²) >= 11 is 0. The van der Waals surface area contributed by atoms with E-state index in [1.54, 1.807) is 0 Å². The van der Waals surface area contributed by atoms with Gasteiger partial charge in [0.2, 0.25) is 11.8 Å². The lowest BCUT2D eigenvalue weighted by molar-refractivity contribution is -0.129. The van der Waals surface area contributed by atoms with Crippen LogP contribution in [0.4, 0.5) is 0 Å². The van der Waals surface area contributed by atoms with Gasteiger partial charge >= 0.3 is 0 Å². The molecule has 136 valence electrons. The third-order valence-corrected chi connectivity index (χ3v) is 3.50. The maximum absolute atomic E-state index is 12.3. The summed E-state index contributed by atoms with van der Waals surface area (Å²) < 4.78 is 0. The van der Waals surface area contributed by atoms with E-state index >= 15 is 0 Å². The Bertz CT molecular complexity index is 480. The van der Waals surface area contributed by atoms with E-state index in [4.69, 9.17) is 0 Å². The number of rotatable bonds is 10. The molecule has 0 saturated heterocycles. The van der Waals surface area contributed by atoms with Crippen molar-refractivity contribution >= 4 is 24.2 Å². The Morgan fingerprint density at radius 2 is 1.71 bits per heavy atom. The molecule has 0 fully saturated rings. The van der Waals surface area contributed by atoms with Gasteiger partial charge < -0.3 is 16.0 Å². The lowest BCUT2D eigenvalue weighted by Crippen LogP contribution is -2.51. The van der Waals surface area contributed by atoms with Gasteiger partial charge in [0.25, 0.3) is 0 Å². The van der Waals surface area contributed by atoms with Gasteiger partial charge in [-0.05, 0) is 24.4 Å². The van der Waals surface area contributed by atoms with Crippen LogP contribution < -0.4 is 16.0 Å². The van der Waals surface area contributed by atoms with Crippen molar-refractivity contribution in [2.24, 2.45) is 5.92 Å². The fraction of sp³-hybridized carbons (Fsp3) is 0.556. The van der Waals surface area contributed by atoms with Crippen LogP contribution in [0.2, 0.25) is 0 Å². The van der Waals surface area contributed by atoms with E-state index in [0.717, 1.165) is 25.1 Å². The number of amides is 2. The quantitative estimate of drug-likeness (QED) is 0.561. The van der Waals surface area contributed by atoms with Crippen molar-refractivity contribution in [3.05, 3.63) is 35.9 Å². The topological polar surface area (TPSA) is 70.2 Å². The zero-order chi connectivity index (χ0) is 17.1. The molecule has 1 atom stereocenters. The molecule has 0 saturated carbocycles. The summed E-state index contributed by atoms with van der Waals surface area (Å²) in [5.41, 5.74) is 0.941. The highest BCUT2D eigenvalue weighted by Crippen LogP contribution is 2.04. The van der Waals surface area contributed by atoms with Crippen molar-refractivity contribution in [2.45, 2.75) is 39.7 Å². The van der Waals surface area contributed by atoms with Crippen LogP contribution in [0, 0.1) is 5.92 Å². The second-order valence-electron chi connectivity index (χ2n) is 5.99. The van der Waals surface area contributed by atoms with E-state index in [2.05, 4.69) is 22.9 Å². The first kappa shape index (κ1) is 22.4. The summed E-state index contributed by atoms with van der Waals surface area (Å²) in [5.74, 6) is -0.216. The minimum atomic E-state index is -0.502. The molecule has 0 radical (unpaired) electrons. The van der Waals surface area contributed by atoms with E-state index in [9.17, 15) is 9.59 Å². The van der Waals surface area contributed by atoms with Crippen molar-refractivity contribution in [3.8, 4) is 0 Å². The Balaban J connectivity index is 0.00000529. The van der Waals surface area contributed by atoms with Gasteiger partial charge in [0.05, 0.1) is 6.42 Å². The Labute approximate surface area is 151 Å². The van der Waals surface area contributed by atoms with Crippen molar-refractivity contribution < 1.29 is 9.59 Å². The van der Waals surface area contributed by atoms with E-state index in [-0.39, 0.29) is 36.6 Å². The minimum absolute atomic E-state index is 0. The van der Waals surface area contributed by atoms with Crippen LogP contribution in [0.5, 0.6) is 0 Å². The van der Waals surface area contributed by atoms with Crippen LogP contribution in [0.1, 0.15) is 32.8 Å². The molecule has 0 aromatic heterocycles. The zero-order valence-corrected chi connectivity index (χ0v) is 15.6. The maximum Gasteiger partial charge on any atom is 0.242 e. The summed E-state index contributed by atoms with van der Waals surface area (Å²) in [4.78, 5) is 24.4.